The molecule has 0 bridgehead atoms. The molecule has 2 aromatic rings. The molecule has 1 radical (unpaired) electrons. The molecule has 2 heterocycles. The van der Waals surface area contributed by atoms with Gasteiger partial charge in [-0.05, 0) is 25.5 Å². The van der Waals surface area contributed by atoms with Crippen LogP contribution in [0.4, 0.5) is 5.00 Å². The first-order valence-electron chi connectivity index (χ1n) is 4.38. The third kappa shape index (κ3) is 1.40. The van der Waals surface area contributed by atoms with E-state index in [2.05, 4.69) is 25.0 Å². The molecule has 0 aliphatic rings. The first-order valence-corrected chi connectivity index (χ1v) is 5.20. The lowest BCUT2D eigenvalue weighted by Crippen LogP contribution is -1.86. The minimum Gasteiger partial charge on any atom is -0.390 e. The van der Waals surface area contributed by atoms with Gasteiger partial charge >= 0.3 is 0 Å². The second kappa shape index (κ2) is 3.42. The Morgan fingerprint density at radius 3 is 2.71 bits per heavy atom. The van der Waals surface area contributed by atoms with E-state index in [9.17, 15) is 0 Å². The maximum Gasteiger partial charge on any atom is 0.0971 e. The highest BCUT2D eigenvalue weighted by Crippen LogP contribution is 2.37. The van der Waals surface area contributed by atoms with Gasteiger partial charge in [-0.2, -0.15) is 0 Å². The van der Waals surface area contributed by atoms with Gasteiger partial charge in [0.2, 0.25) is 0 Å². The van der Waals surface area contributed by atoms with Crippen LogP contribution in [0.25, 0.3) is 11.1 Å². The summed E-state index contributed by atoms with van der Waals surface area (Å²) in [7, 11) is 0. The second-order valence-corrected chi connectivity index (χ2v) is 4.44. The third-order valence-corrected chi connectivity index (χ3v) is 3.33. The fourth-order valence-corrected chi connectivity index (χ4v) is 2.40. The lowest BCUT2D eigenvalue weighted by atomic mass is 10.1. The van der Waals surface area contributed by atoms with E-state index in [4.69, 9.17) is 5.73 Å². The van der Waals surface area contributed by atoms with Crippen LogP contribution in [0.2, 0.25) is 0 Å². The number of pyridine rings is 1. The summed E-state index contributed by atoms with van der Waals surface area (Å²) < 4.78 is 0. The standard InChI is InChI=1S/C11H11N2S/c1-7-8(2)14-11(12)10(7)9-4-3-5-13-6-9/h3-5H,12H2,1-2H3. The van der Waals surface area contributed by atoms with E-state index in [-0.39, 0.29) is 0 Å². The van der Waals surface area contributed by atoms with Gasteiger partial charge in [0.05, 0.1) is 11.2 Å². The van der Waals surface area contributed by atoms with Crippen molar-refractivity contribution in [2.75, 3.05) is 5.73 Å². The van der Waals surface area contributed by atoms with Crippen molar-refractivity contribution in [1.29, 1.82) is 0 Å². The van der Waals surface area contributed by atoms with Crippen molar-refractivity contribution in [3.63, 3.8) is 0 Å². The van der Waals surface area contributed by atoms with E-state index in [1.165, 1.54) is 10.4 Å². The van der Waals surface area contributed by atoms with Crippen LogP contribution in [-0.4, -0.2) is 4.98 Å². The summed E-state index contributed by atoms with van der Waals surface area (Å²) in [4.78, 5) is 5.24. The van der Waals surface area contributed by atoms with E-state index in [1.807, 2.05) is 12.1 Å². The predicted molar refractivity (Wildman–Crippen MR) is 60.3 cm³/mol. The minimum atomic E-state index is 0.851. The summed E-state index contributed by atoms with van der Waals surface area (Å²) in [5, 5.41) is 0.851. The SMILES string of the molecule is Cc1sc(N)c(-c2[c]nccc2)c1C. The molecule has 2 N–H and O–H groups in total. The highest BCUT2D eigenvalue weighted by atomic mass is 32.1. The Hall–Kier alpha value is -1.35. The molecule has 0 atom stereocenters. The molecule has 0 fully saturated rings. The van der Waals surface area contributed by atoms with Crippen molar-refractivity contribution in [1.82, 2.24) is 4.98 Å². The van der Waals surface area contributed by atoms with Crippen LogP contribution in [0, 0.1) is 20.0 Å². The predicted octanol–water partition coefficient (Wildman–Crippen LogP) is 2.81. The summed E-state index contributed by atoms with van der Waals surface area (Å²) in [6, 6.07) is 3.88. The van der Waals surface area contributed by atoms with E-state index in [0.29, 0.717) is 0 Å². The highest BCUT2D eigenvalue weighted by Gasteiger charge is 2.11. The number of thiophene rings is 1. The normalized spacial score (nSPS) is 10.4. The van der Waals surface area contributed by atoms with Crippen LogP contribution >= 0.6 is 11.3 Å². The molecular formula is C11H11N2S. The Bertz CT molecular complexity index is 446. The van der Waals surface area contributed by atoms with Gasteiger partial charge < -0.3 is 5.73 Å². The maximum atomic E-state index is 5.94. The number of rotatable bonds is 1. The molecule has 14 heavy (non-hydrogen) atoms. The van der Waals surface area contributed by atoms with Crippen molar-refractivity contribution >= 4 is 16.3 Å². The van der Waals surface area contributed by atoms with E-state index in [1.54, 1.807) is 17.5 Å². The van der Waals surface area contributed by atoms with Crippen LogP contribution < -0.4 is 5.73 Å². The third-order valence-electron chi connectivity index (χ3n) is 2.29. The van der Waals surface area contributed by atoms with Gasteiger partial charge in [0, 0.05) is 22.2 Å². The van der Waals surface area contributed by atoms with Crippen LogP contribution in [0.15, 0.2) is 18.3 Å². The van der Waals surface area contributed by atoms with E-state index in [0.717, 1.165) is 16.1 Å². The Labute approximate surface area is 87.4 Å². The Balaban J connectivity index is 2.62. The second-order valence-electron chi connectivity index (χ2n) is 3.19. The van der Waals surface area contributed by atoms with Crippen LogP contribution in [0.1, 0.15) is 10.4 Å². The molecular weight excluding hydrogens is 192 g/mol. The highest BCUT2D eigenvalue weighted by molar-refractivity contribution is 7.16. The number of nitrogens with two attached hydrogens (primary N) is 1. The topological polar surface area (TPSA) is 38.9 Å². The van der Waals surface area contributed by atoms with Crippen molar-refractivity contribution in [3.8, 4) is 11.1 Å². The summed E-state index contributed by atoms with van der Waals surface area (Å²) in [6.07, 6.45) is 4.67. The molecule has 0 aliphatic carbocycles. The molecule has 0 saturated heterocycles. The minimum absolute atomic E-state index is 0.851. The monoisotopic (exact) mass is 203 g/mol. The molecule has 2 aromatic heterocycles. The average molecular weight is 203 g/mol. The molecule has 0 unspecified atom stereocenters. The Kier molecular flexibility index (Phi) is 2.25. The first kappa shape index (κ1) is 9.21. The summed E-state index contributed by atoms with van der Waals surface area (Å²) in [6.45, 7) is 4.16. The number of hydrogen-bond donors (Lipinski definition) is 1. The molecule has 0 amide bonds. The zero-order valence-corrected chi connectivity index (χ0v) is 8.98. The average Bonchev–Trinajstić information content (AvgIpc) is 2.43. The number of aryl methyl sites for hydroxylation is 1. The van der Waals surface area contributed by atoms with Crippen molar-refractivity contribution in [2.45, 2.75) is 13.8 Å². The van der Waals surface area contributed by atoms with Gasteiger partial charge in [-0.1, -0.05) is 6.07 Å². The van der Waals surface area contributed by atoms with E-state index < -0.39 is 0 Å². The number of anilines is 1. The zero-order chi connectivity index (χ0) is 10.1. The molecule has 3 heteroatoms. The Morgan fingerprint density at radius 2 is 2.21 bits per heavy atom. The smallest absolute Gasteiger partial charge is 0.0971 e. The van der Waals surface area contributed by atoms with Crippen LogP contribution in [0.5, 0.6) is 0 Å². The number of nitrogens with zero attached hydrogens (tertiary/aromatic N) is 1. The molecule has 2 rings (SSSR count). The number of hydrogen-bond acceptors (Lipinski definition) is 3. The number of nitrogen functional groups attached to an aromatic ring is 1. The summed E-state index contributed by atoms with van der Waals surface area (Å²) >= 11 is 1.62. The fourth-order valence-electron chi connectivity index (χ4n) is 1.45. The molecule has 0 aromatic carbocycles. The molecule has 0 aliphatic heterocycles. The largest absolute Gasteiger partial charge is 0.390 e. The van der Waals surface area contributed by atoms with Gasteiger partial charge in [0.15, 0.2) is 0 Å². The molecule has 71 valence electrons. The summed E-state index contributed by atoms with van der Waals surface area (Å²) in [5.74, 6) is 0. The zero-order valence-electron chi connectivity index (χ0n) is 8.16. The first-order chi connectivity index (χ1) is 6.70. The lowest BCUT2D eigenvalue weighted by Gasteiger charge is -2.00. The van der Waals surface area contributed by atoms with Crippen molar-refractivity contribution < 1.29 is 0 Å². The van der Waals surface area contributed by atoms with Gasteiger partial charge in [0.1, 0.15) is 0 Å². The molecule has 0 saturated carbocycles. The number of aromatic nitrogens is 1. The summed E-state index contributed by atoms with van der Waals surface area (Å²) in [5.41, 5.74) is 9.24. The van der Waals surface area contributed by atoms with Gasteiger partial charge in [-0.15, -0.1) is 11.3 Å². The van der Waals surface area contributed by atoms with Crippen LogP contribution in [-0.2, 0) is 0 Å². The van der Waals surface area contributed by atoms with Crippen molar-refractivity contribution in [3.05, 3.63) is 35.0 Å². The Morgan fingerprint density at radius 1 is 1.43 bits per heavy atom. The molecule has 0 spiro atoms. The van der Waals surface area contributed by atoms with Gasteiger partial charge in [-0.25, -0.2) is 0 Å². The van der Waals surface area contributed by atoms with Crippen LogP contribution in [0.3, 0.4) is 0 Å². The maximum absolute atomic E-state index is 5.94. The van der Waals surface area contributed by atoms with Gasteiger partial charge in [0.25, 0.3) is 0 Å². The fraction of sp³-hybridized carbons (Fsp3) is 0.182. The van der Waals surface area contributed by atoms with E-state index >= 15 is 0 Å². The molecule has 2 nitrogen and oxygen atoms in total. The van der Waals surface area contributed by atoms with Gasteiger partial charge in [-0.3, -0.25) is 4.98 Å². The lowest BCUT2D eigenvalue weighted by molar-refractivity contribution is 1.31. The van der Waals surface area contributed by atoms with Crippen molar-refractivity contribution in [2.24, 2.45) is 0 Å². The quantitative estimate of drug-likeness (QED) is 0.774.